The van der Waals surface area contributed by atoms with E-state index in [0.29, 0.717) is 12.8 Å². The number of carbonyl (C=O) groups is 1. The number of aliphatic hydroxyl groups excluding tert-OH is 1. The maximum absolute atomic E-state index is 10.8. The average molecular weight is 203 g/mol. The minimum Gasteiger partial charge on any atom is -0.480 e. The number of carboxylic acid groups (broad SMARTS) is 1. The van der Waals surface area contributed by atoms with Gasteiger partial charge in [0.1, 0.15) is 6.04 Å². The van der Waals surface area contributed by atoms with Crippen LogP contribution in [0.1, 0.15) is 39.5 Å². The van der Waals surface area contributed by atoms with Crippen LogP contribution in [-0.2, 0) is 4.79 Å². The number of carboxylic acids is 1. The topological polar surface area (TPSA) is 69.6 Å². The van der Waals surface area contributed by atoms with Crippen molar-refractivity contribution < 1.29 is 15.0 Å². The van der Waals surface area contributed by atoms with Gasteiger partial charge < -0.3 is 15.5 Å². The van der Waals surface area contributed by atoms with Crippen LogP contribution in [0.3, 0.4) is 0 Å². The van der Waals surface area contributed by atoms with E-state index in [9.17, 15) is 4.79 Å². The molecule has 2 unspecified atom stereocenters. The molecule has 0 saturated carbocycles. The lowest BCUT2D eigenvalue weighted by molar-refractivity contribution is -0.139. The lowest BCUT2D eigenvalue weighted by Crippen LogP contribution is -2.42. The van der Waals surface area contributed by atoms with Gasteiger partial charge in [-0.05, 0) is 26.2 Å². The second-order valence-corrected chi connectivity index (χ2v) is 3.61. The standard InChI is InChI=1S/C10H21NO3/c1-3-5-9(10(13)14)11-8(2)6-4-7-12/h8-9,11-12H,3-7H2,1-2H3,(H,13,14). The molecule has 3 N–H and O–H groups in total. The summed E-state index contributed by atoms with van der Waals surface area (Å²) in [5, 5.41) is 20.5. The number of nitrogens with one attached hydrogen (secondary N) is 1. The Kier molecular flexibility index (Phi) is 7.42. The van der Waals surface area contributed by atoms with Crippen molar-refractivity contribution >= 4 is 5.97 Å². The van der Waals surface area contributed by atoms with Crippen LogP contribution >= 0.6 is 0 Å². The van der Waals surface area contributed by atoms with Gasteiger partial charge >= 0.3 is 5.97 Å². The zero-order valence-corrected chi connectivity index (χ0v) is 8.99. The molecule has 0 fully saturated rings. The molecule has 0 bridgehead atoms. The first-order chi connectivity index (χ1) is 6.61. The summed E-state index contributed by atoms with van der Waals surface area (Å²) in [6, 6.07) is -0.302. The summed E-state index contributed by atoms with van der Waals surface area (Å²) in [5.41, 5.74) is 0. The molecule has 4 nitrogen and oxygen atoms in total. The second-order valence-electron chi connectivity index (χ2n) is 3.61. The van der Waals surface area contributed by atoms with E-state index in [1.807, 2.05) is 13.8 Å². The third kappa shape index (κ3) is 5.94. The molecular formula is C10H21NO3. The zero-order valence-electron chi connectivity index (χ0n) is 8.99. The van der Waals surface area contributed by atoms with Gasteiger partial charge in [0.15, 0.2) is 0 Å². The third-order valence-electron chi connectivity index (χ3n) is 2.16. The van der Waals surface area contributed by atoms with Gasteiger partial charge in [0.05, 0.1) is 0 Å². The highest BCUT2D eigenvalue weighted by Crippen LogP contribution is 2.02. The van der Waals surface area contributed by atoms with Gasteiger partial charge in [-0.2, -0.15) is 0 Å². The first-order valence-corrected chi connectivity index (χ1v) is 5.21. The van der Waals surface area contributed by atoms with Crippen molar-refractivity contribution in [2.24, 2.45) is 0 Å². The first kappa shape index (κ1) is 13.4. The minimum absolute atomic E-state index is 0.148. The normalized spacial score (nSPS) is 15.1. The van der Waals surface area contributed by atoms with Crippen LogP contribution in [-0.4, -0.2) is 34.9 Å². The van der Waals surface area contributed by atoms with Crippen molar-refractivity contribution in [2.45, 2.75) is 51.6 Å². The van der Waals surface area contributed by atoms with Crippen LogP contribution in [0.2, 0.25) is 0 Å². The number of rotatable bonds is 8. The van der Waals surface area contributed by atoms with Crippen LogP contribution in [0.5, 0.6) is 0 Å². The van der Waals surface area contributed by atoms with Gasteiger partial charge in [0.2, 0.25) is 0 Å². The molecule has 0 aliphatic carbocycles. The summed E-state index contributed by atoms with van der Waals surface area (Å²) in [5.74, 6) is -0.789. The Morgan fingerprint density at radius 1 is 1.43 bits per heavy atom. The quantitative estimate of drug-likeness (QED) is 0.550. The molecule has 84 valence electrons. The van der Waals surface area contributed by atoms with E-state index in [4.69, 9.17) is 10.2 Å². The van der Waals surface area contributed by atoms with Gasteiger partial charge in [0.25, 0.3) is 0 Å². The summed E-state index contributed by atoms with van der Waals surface area (Å²) < 4.78 is 0. The van der Waals surface area contributed by atoms with Gasteiger partial charge in [-0.15, -0.1) is 0 Å². The van der Waals surface area contributed by atoms with Crippen LogP contribution < -0.4 is 5.32 Å². The summed E-state index contributed by atoms with van der Waals surface area (Å²) in [6.07, 6.45) is 3.03. The molecule has 0 saturated heterocycles. The van der Waals surface area contributed by atoms with E-state index in [-0.39, 0.29) is 12.6 Å². The molecule has 0 aromatic rings. The molecule has 0 amide bonds. The lowest BCUT2D eigenvalue weighted by Gasteiger charge is -2.19. The Labute approximate surface area is 85.3 Å². The molecule has 0 aliphatic heterocycles. The number of aliphatic hydroxyl groups is 1. The largest absolute Gasteiger partial charge is 0.480 e. The van der Waals surface area contributed by atoms with E-state index in [0.717, 1.165) is 12.8 Å². The Bertz CT molecular complexity index is 161. The molecular weight excluding hydrogens is 182 g/mol. The van der Waals surface area contributed by atoms with Crippen molar-refractivity contribution in [3.05, 3.63) is 0 Å². The fraction of sp³-hybridized carbons (Fsp3) is 0.900. The maximum Gasteiger partial charge on any atom is 0.320 e. The summed E-state index contributed by atoms with van der Waals surface area (Å²) in [7, 11) is 0. The average Bonchev–Trinajstić information content (AvgIpc) is 2.14. The van der Waals surface area contributed by atoms with E-state index in [1.165, 1.54) is 0 Å². The monoisotopic (exact) mass is 203 g/mol. The van der Waals surface area contributed by atoms with Crippen molar-refractivity contribution in [1.29, 1.82) is 0 Å². The molecule has 0 spiro atoms. The van der Waals surface area contributed by atoms with E-state index in [2.05, 4.69) is 5.32 Å². The lowest BCUT2D eigenvalue weighted by atomic mass is 10.1. The fourth-order valence-electron chi connectivity index (χ4n) is 1.39. The smallest absolute Gasteiger partial charge is 0.320 e. The molecule has 0 heterocycles. The van der Waals surface area contributed by atoms with Crippen LogP contribution in [0.25, 0.3) is 0 Å². The third-order valence-corrected chi connectivity index (χ3v) is 2.16. The number of hydrogen-bond donors (Lipinski definition) is 3. The van der Waals surface area contributed by atoms with Crippen molar-refractivity contribution in [3.8, 4) is 0 Å². The molecule has 0 rings (SSSR count). The van der Waals surface area contributed by atoms with Crippen LogP contribution in [0, 0.1) is 0 Å². The highest BCUT2D eigenvalue weighted by Gasteiger charge is 2.17. The molecule has 0 aliphatic rings. The molecule has 0 radical (unpaired) electrons. The van der Waals surface area contributed by atoms with Gasteiger partial charge in [-0.3, -0.25) is 4.79 Å². The number of aliphatic carboxylic acids is 1. The number of hydrogen-bond acceptors (Lipinski definition) is 3. The van der Waals surface area contributed by atoms with Crippen molar-refractivity contribution in [1.82, 2.24) is 5.32 Å². The Morgan fingerprint density at radius 2 is 2.07 bits per heavy atom. The second kappa shape index (κ2) is 7.76. The molecule has 0 aromatic heterocycles. The van der Waals surface area contributed by atoms with Crippen LogP contribution in [0.15, 0.2) is 0 Å². The molecule has 0 aromatic carbocycles. The summed E-state index contributed by atoms with van der Waals surface area (Å²) in [6.45, 7) is 4.08. The SMILES string of the molecule is CCCC(NC(C)CCCO)C(=O)O. The predicted molar refractivity (Wildman–Crippen MR) is 55.2 cm³/mol. The van der Waals surface area contributed by atoms with E-state index >= 15 is 0 Å². The molecule has 2 atom stereocenters. The molecule has 14 heavy (non-hydrogen) atoms. The van der Waals surface area contributed by atoms with Gasteiger partial charge in [-0.1, -0.05) is 13.3 Å². The van der Waals surface area contributed by atoms with Crippen molar-refractivity contribution in [3.63, 3.8) is 0 Å². The van der Waals surface area contributed by atoms with Crippen LogP contribution in [0.4, 0.5) is 0 Å². The van der Waals surface area contributed by atoms with Gasteiger partial charge in [-0.25, -0.2) is 0 Å². The zero-order chi connectivity index (χ0) is 11.0. The predicted octanol–water partition coefficient (Wildman–Crippen LogP) is 0.990. The molecule has 4 heteroatoms. The highest BCUT2D eigenvalue weighted by atomic mass is 16.4. The van der Waals surface area contributed by atoms with Gasteiger partial charge in [0, 0.05) is 12.6 Å². The Balaban J connectivity index is 3.83. The first-order valence-electron chi connectivity index (χ1n) is 5.21. The fourth-order valence-corrected chi connectivity index (χ4v) is 1.39. The maximum atomic E-state index is 10.8. The summed E-state index contributed by atoms with van der Waals surface area (Å²) in [4.78, 5) is 10.8. The van der Waals surface area contributed by atoms with E-state index in [1.54, 1.807) is 0 Å². The van der Waals surface area contributed by atoms with Crippen molar-refractivity contribution in [2.75, 3.05) is 6.61 Å². The Hall–Kier alpha value is -0.610. The highest BCUT2D eigenvalue weighted by molar-refractivity contribution is 5.73. The Morgan fingerprint density at radius 3 is 2.50 bits per heavy atom. The summed E-state index contributed by atoms with van der Waals surface area (Å²) >= 11 is 0. The van der Waals surface area contributed by atoms with E-state index < -0.39 is 12.0 Å². The minimum atomic E-state index is -0.789.